The molecule has 0 aromatic carbocycles. The van der Waals surface area contributed by atoms with Gasteiger partial charge in [0.1, 0.15) is 11.5 Å². The molecule has 23 heavy (non-hydrogen) atoms. The van der Waals surface area contributed by atoms with E-state index in [2.05, 4.69) is 38.5 Å². The Kier molecular flexibility index (Phi) is 3.63. The number of aliphatic hydroxyl groups excluding tert-OH is 1. The molecule has 1 fully saturated rings. The van der Waals surface area contributed by atoms with Gasteiger partial charge in [0.15, 0.2) is 0 Å². The summed E-state index contributed by atoms with van der Waals surface area (Å²) in [5.74, 6) is 1.03. The molecule has 0 radical (unpaired) electrons. The van der Waals surface area contributed by atoms with E-state index in [1.807, 2.05) is 18.5 Å². The van der Waals surface area contributed by atoms with Crippen molar-refractivity contribution >= 4 is 27.8 Å². The summed E-state index contributed by atoms with van der Waals surface area (Å²) in [6.45, 7) is 4.83. The van der Waals surface area contributed by atoms with E-state index >= 15 is 0 Å². The first-order chi connectivity index (χ1) is 11.3. The summed E-state index contributed by atoms with van der Waals surface area (Å²) in [5, 5.41) is 11.3. The van der Waals surface area contributed by atoms with Crippen LogP contribution in [0.15, 0.2) is 30.6 Å². The van der Waals surface area contributed by atoms with Gasteiger partial charge in [-0.05, 0) is 18.2 Å². The molecule has 1 aliphatic rings. The number of fused-ring (bicyclic) bond motifs is 3. The Hall–Kier alpha value is -2.18. The van der Waals surface area contributed by atoms with Gasteiger partial charge in [-0.25, -0.2) is 4.98 Å². The third kappa shape index (κ3) is 2.44. The fourth-order valence-electron chi connectivity index (χ4n) is 3.42. The summed E-state index contributed by atoms with van der Waals surface area (Å²) >= 11 is 0. The normalized spacial score (nSPS) is 16.5. The average molecular weight is 311 g/mol. The maximum Gasteiger partial charge on any atom is 0.143 e. The van der Waals surface area contributed by atoms with Gasteiger partial charge in [-0.3, -0.25) is 9.88 Å². The second-order valence-corrected chi connectivity index (χ2v) is 6.04. The smallest absolute Gasteiger partial charge is 0.143 e. The lowest BCUT2D eigenvalue weighted by molar-refractivity contribution is 0.188. The highest BCUT2D eigenvalue weighted by Gasteiger charge is 2.19. The van der Waals surface area contributed by atoms with E-state index in [1.54, 1.807) is 0 Å². The van der Waals surface area contributed by atoms with Crippen molar-refractivity contribution in [2.75, 3.05) is 44.2 Å². The Bertz CT molecular complexity index is 835. The summed E-state index contributed by atoms with van der Waals surface area (Å²) in [7, 11) is 2.06. The molecule has 4 rings (SSSR count). The second kappa shape index (κ2) is 5.79. The lowest BCUT2D eigenvalue weighted by atomic mass is 10.2. The van der Waals surface area contributed by atoms with E-state index in [9.17, 15) is 0 Å². The van der Waals surface area contributed by atoms with Gasteiger partial charge in [0.25, 0.3) is 0 Å². The van der Waals surface area contributed by atoms with Gasteiger partial charge in [-0.1, -0.05) is 0 Å². The van der Waals surface area contributed by atoms with Crippen LogP contribution in [0.25, 0.3) is 21.9 Å². The minimum Gasteiger partial charge on any atom is -0.395 e. The van der Waals surface area contributed by atoms with Crippen molar-refractivity contribution in [3.8, 4) is 0 Å². The van der Waals surface area contributed by atoms with Crippen LogP contribution in [0.2, 0.25) is 0 Å². The molecule has 0 unspecified atom stereocenters. The predicted molar refractivity (Wildman–Crippen MR) is 91.8 cm³/mol. The minimum atomic E-state index is 0.230. The van der Waals surface area contributed by atoms with Crippen molar-refractivity contribution in [2.45, 2.75) is 0 Å². The van der Waals surface area contributed by atoms with Gasteiger partial charge < -0.3 is 14.6 Å². The molecule has 0 spiro atoms. The first-order valence-corrected chi connectivity index (χ1v) is 8.05. The van der Waals surface area contributed by atoms with Crippen molar-refractivity contribution in [3.05, 3.63) is 30.6 Å². The largest absolute Gasteiger partial charge is 0.395 e. The molecule has 1 saturated heterocycles. The molecule has 1 aliphatic heterocycles. The van der Waals surface area contributed by atoms with E-state index in [4.69, 9.17) is 10.1 Å². The number of aromatic nitrogens is 3. The van der Waals surface area contributed by atoms with Gasteiger partial charge in [0, 0.05) is 62.9 Å². The summed E-state index contributed by atoms with van der Waals surface area (Å²) in [5.41, 5.74) is 2.16. The molecular formula is C17H21N5O. The highest BCUT2D eigenvalue weighted by molar-refractivity contribution is 6.06. The lowest BCUT2D eigenvalue weighted by Crippen LogP contribution is -2.47. The van der Waals surface area contributed by atoms with Crippen LogP contribution in [0.5, 0.6) is 0 Å². The van der Waals surface area contributed by atoms with Gasteiger partial charge >= 0.3 is 0 Å². The number of hydrogen-bond donors (Lipinski definition) is 1. The third-order valence-corrected chi connectivity index (χ3v) is 4.74. The summed E-state index contributed by atoms with van der Waals surface area (Å²) in [6, 6.07) is 6.29. The molecule has 0 atom stereocenters. The van der Waals surface area contributed by atoms with Crippen LogP contribution in [-0.2, 0) is 7.05 Å². The standard InChI is InChI=1S/C17H21N5O/c1-20-15-4-5-18-12-14(15)13-2-3-16(19-17(13)20)22-8-6-21(7-9-22)10-11-23/h2-5,12,23H,6-11H2,1H3. The topological polar surface area (TPSA) is 57.4 Å². The zero-order valence-electron chi connectivity index (χ0n) is 13.3. The molecule has 3 aromatic heterocycles. The number of piperazine rings is 1. The molecular weight excluding hydrogens is 290 g/mol. The molecule has 0 amide bonds. The Balaban J connectivity index is 1.67. The maximum absolute atomic E-state index is 9.04. The number of nitrogens with zero attached hydrogens (tertiary/aromatic N) is 5. The van der Waals surface area contributed by atoms with E-state index in [0.717, 1.165) is 60.5 Å². The average Bonchev–Trinajstić information content (AvgIpc) is 2.89. The van der Waals surface area contributed by atoms with Crippen LogP contribution in [0.4, 0.5) is 5.82 Å². The SMILES string of the molecule is Cn1c2ccncc2c2ccc(N3CCN(CCO)CC3)nc21. The van der Waals surface area contributed by atoms with E-state index in [0.29, 0.717) is 0 Å². The molecule has 4 heterocycles. The van der Waals surface area contributed by atoms with Gasteiger partial charge in [-0.15, -0.1) is 0 Å². The van der Waals surface area contributed by atoms with Crippen LogP contribution in [0.1, 0.15) is 0 Å². The van der Waals surface area contributed by atoms with Crippen molar-refractivity contribution in [1.82, 2.24) is 19.4 Å². The molecule has 6 nitrogen and oxygen atoms in total. The van der Waals surface area contributed by atoms with Crippen LogP contribution in [0, 0.1) is 0 Å². The molecule has 1 N–H and O–H groups in total. The first-order valence-electron chi connectivity index (χ1n) is 8.05. The lowest BCUT2D eigenvalue weighted by Gasteiger charge is -2.35. The maximum atomic E-state index is 9.04. The molecule has 0 aliphatic carbocycles. The predicted octanol–water partition coefficient (Wildman–Crippen LogP) is 1.24. The van der Waals surface area contributed by atoms with E-state index in [-0.39, 0.29) is 6.61 Å². The van der Waals surface area contributed by atoms with Gasteiger partial charge in [0.2, 0.25) is 0 Å². The number of β-amino-alcohol motifs (C(OH)–C–C–N with tert-alkyl or cyclic N) is 1. The summed E-state index contributed by atoms with van der Waals surface area (Å²) in [4.78, 5) is 13.7. The first kappa shape index (κ1) is 14.4. The fourth-order valence-corrected chi connectivity index (χ4v) is 3.42. The second-order valence-electron chi connectivity index (χ2n) is 6.04. The highest BCUT2D eigenvalue weighted by atomic mass is 16.3. The number of pyridine rings is 2. The molecule has 6 heteroatoms. The van der Waals surface area contributed by atoms with Crippen molar-refractivity contribution < 1.29 is 5.11 Å². The number of aliphatic hydroxyl groups is 1. The number of anilines is 1. The summed E-state index contributed by atoms with van der Waals surface area (Å²) < 4.78 is 2.14. The summed E-state index contributed by atoms with van der Waals surface area (Å²) in [6.07, 6.45) is 3.73. The van der Waals surface area contributed by atoms with Crippen LogP contribution in [0.3, 0.4) is 0 Å². The molecule has 3 aromatic rings. The number of aryl methyl sites for hydroxylation is 1. The molecule has 120 valence electrons. The van der Waals surface area contributed by atoms with E-state index in [1.165, 1.54) is 0 Å². The van der Waals surface area contributed by atoms with Crippen LogP contribution < -0.4 is 4.90 Å². The third-order valence-electron chi connectivity index (χ3n) is 4.74. The zero-order valence-corrected chi connectivity index (χ0v) is 13.3. The fraction of sp³-hybridized carbons (Fsp3) is 0.412. The van der Waals surface area contributed by atoms with Crippen LogP contribution in [-0.4, -0.2) is 63.9 Å². The quantitative estimate of drug-likeness (QED) is 0.788. The Labute approximate surface area is 135 Å². The zero-order chi connectivity index (χ0) is 15.8. The minimum absolute atomic E-state index is 0.230. The Morgan fingerprint density at radius 1 is 1.09 bits per heavy atom. The monoisotopic (exact) mass is 311 g/mol. The number of rotatable bonds is 3. The highest BCUT2D eigenvalue weighted by Crippen LogP contribution is 2.28. The van der Waals surface area contributed by atoms with E-state index < -0.39 is 0 Å². The Morgan fingerprint density at radius 3 is 2.70 bits per heavy atom. The van der Waals surface area contributed by atoms with Gasteiger partial charge in [0.05, 0.1) is 12.1 Å². The molecule has 0 bridgehead atoms. The van der Waals surface area contributed by atoms with Crippen LogP contribution >= 0.6 is 0 Å². The molecule has 0 saturated carbocycles. The van der Waals surface area contributed by atoms with Gasteiger partial charge in [-0.2, -0.15) is 0 Å². The number of hydrogen-bond acceptors (Lipinski definition) is 5. The Morgan fingerprint density at radius 2 is 1.91 bits per heavy atom. The van der Waals surface area contributed by atoms with Crippen molar-refractivity contribution in [1.29, 1.82) is 0 Å². The van der Waals surface area contributed by atoms with Crippen molar-refractivity contribution in [2.24, 2.45) is 7.05 Å². The van der Waals surface area contributed by atoms with Crippen molar-refractivity contribution in [3.63, 3.8) is 0 Å².